The first kappa shape index (κ1) is 18.4. The summed E-state index contributed by atoms with van der Waals surface area (Å²) in [5.74, 6) is 1.51. The topological polar surface area (TPSA) is 39.1 Å². The van der Waals surface area contributed by atoms with Crippen molar-refractivity contribution in [2.45, 2.75) is 25.4 Å². The summed E-state index contributed by atoms with van der Waals surface area (Å²) in [5, 5.41) is 8.06. The van der Waals surface area contributed by atoms with E-state index in [0.717, 1.165) is 66.3 Å². The van der Waals surface area contributed by atoms with Crippen LogP contribution in [0.25, 0.3) is 16.9 Å². The molecule has 0 aliphatic carbocycles. The maximum Gasteiger partial charge on any atom is 0.416 e. The lowest BCUT2D eigenvalue weighted by atomic mass is 10.0. The highest BCUT2D eigenvalue weighted by Gasteiger charge is 2.31. The zero-order valence-electron chi connectivity index (χ0n) is 15.4. The summed E-state index contributed by atoms with van der Waals surface area (Å²) < 4.78 is 46.3. The number of hydrogen-bond acceptors (Lipinski definition) is 3. The molecule has 4 rings (SSSR count). The number of anilines is 1. The molecule has 1 aliphatic heterocycles. The molecule has 0 spiro atoms. The molecule has 0 saturated heterocycles. The lowest BCUT2D eigenvalue weighted by molar-refractivity contribution is -0.137. The largest absolute Gasteiger partial charge is 0.497 e. The van der Waals surface area contributed by atoms with E-state index in [1.807, 2.05) is 24.3 Å². The number of ether oxygens (including phenoxy) is 1. The second-order valence-corrected chi connectivity index (χ2v) is 6.75. The first-order valence-electron chi connectivity index (χ1n) is 9.15. The highest BCUT2D eigenvalue weighted by Crippen LogP contribution is 2.36. The summed E-state index contributed by atoms with van der Waals surface area (Å²) in [5.41, 5.74) is 2.42. The number of hydrogen-bond donors (Lipinski definition) is 1. The molecule has 1 aliphatic rings. The molecule has 2 aromatic carbocycles. The molecule has 0 radical (unpaired) electrons. The van der Waals surface area contributed by atoms with Gasteiger partial charge < -0.3 is 10.1 Å². The molecular formula is C21H20F3N3O. The number of nitrogens with zero attached hydrogens (tertiary/aromatic N) is 2. The Hall–Kier alpha value is -2.96. The van der Waals surface area contributed by atoms with Crippen LogP contribution in [-0.4, -0.2) is 23.4 Å². The third kappa shape index (κ3) is 3.44. The smallest absolute Gasteiger partial charge is 0.416 e. The van der Waals surface area contributed by atoms with Gasteiger partial charge >= 0.3 is 6.18 Å². The lowest BCUT2D eigenvalue weighted by Crippen LogP contribution is -2.09. The Morgan fingerprint density at radius 2 is 1.86 bits per heavy atom. The van der Waals surface area contributed by atoms with Gasteiger partial charge in [0.05, 0.1) is 24.1 Å². The summed E-state index contributed by atoms with van der Waals surface area (Å²) in [4.78, 5) is 0. The Balaban J connectivity index is 1.85. The van der Waals surface area contributed by atoms with Gasteiger partial charge in [0.2, 0.25) is 0 Å². The molecule has 0 bridgehead atoms. The van der Waals surface area contributed by atoms with E-state index in [4.69, 9.17) is 9.84 Å². The van der Waals surface area contributed by atoms with Crippen molar-refractivity contribution in [1.82, 2.24) is 9.78 Å². The molecule has 1 N–H and O–H groups in total. The predicted octanol–water partition coefficient (Wildman–Crippen LogP) is 5.31. The van der Waals surface area contributed by atoms with Crippen molar-refractivity contribution in [2.24, 2.45) is 0 Å². The fourth-order valence-corrected chi connectivity index (χ4v) is 3.48. The van der Waals surface area contributed by atoms with Crippen LogP contribution in [0.15, 0.2) is 48.5 Å². The van der Waals surface area contributed by atoms with E-state index in [2.05, 4.69) is 5.32 Å². The fourth-order valence-electron chi connectivity index (χ4n) is 3.48. The van der Waals surface area contributed by atoms with E-state index < -0.39 is 11.7 Å². The van der Waals surface area contributed by atoms with Gasteiger partial charge in [-0.05, 0) is 61.7 Å². The third-order valence-electron chi connectivity index (χ3n) is 4.91. The van der Waals surface area contributed by atoms with Crippen LogP contribution in [0.3, 0.4) is 0 Å². The van der Waals surface area contributed by atoms with E-state index >= 15 is 0 Å². The average Bonchev–Trinajstić information content (AvgIpc) is 2.88. The lowest BCUT2D eigenvalue weighted by Gasteiger charge is -2.12. The van der Waals surface area contributed by atoms with E-state index in [-0.39, 0.29) is 0 Å². The number of rotatable bonds is 3. The minimum atomic E-state index is -4.40. The van der Waals surface area contributed by atoms with Crippen molar-refractivity contribution in [1.29, 1.82) is 0 Å². The van der Waals surface area contributed by atoms with Gasteiger partial charge in [-0.25, -0.2) is 4.68 Å². The Labute approximate surface area is 160 Å². The third-order valence-corrected chi connectivity index (χ3v) is 4.91. The number of aromatic nitrogens is 2. The second kappa shape index (κ2) is 7.22. The minimum absolute atomic E-state index is 0.389. The van der Waals surface area contributed by atoms with Crippen LogP contribution in [0.4, 0.5) is 19.0 Å². The van der Waals surface area contributed by atoms with Crippen molar-refractivity contribution < 1.29 is 17.9 Å². The second-order valence-electron chi connectivity index (χ2n) is 6.75. The van der Waals surface area contributed by atoms with Gasteiger partial charge in [-0.2, -0.15) is 18.3 Å². The van der Waals surface area contributed by atoms with Gasteiger partial charge in [-0.3, -0.25) is 0 Å². The highest BCUT2D eigenvalue weighted by molar-refractivity contribution is 5.71. The van der Waals surface area contributed by atoms with Crippen molar-refractivity contribution in [2.75, 3.05) is 19.0 Å². The monoisotopic (exact) mass is 387 g/mol. The van der Waals surface area contributed by atoms with Crippen molar-refractivity contribution in [3.05, 3.63) is 59.7 Å². The van der Waals surface area contributed by atoms with Crippen LogP contribution < -0.4 is 10.1 Å². The molecule has 4 nitrogen and oxygen atoms in total. The van der Waals surface area contributed by atoms with Gasteiger partial charge in [0, 0.05) is 17.7 Å². The van der Waals surface area contributed by atoms with Gasteiger partial charge in [-0.1, -0.05) is 6.07 Å². The molecule has 2 heterocycles. The molecule has 28 heavy (non-hydrogen) atoms. The number of halogens is 3. The van der Waals surface area contributed by atoms with Crippen molar-refractivity contribution in [3.8, 4) is 22.7 Å². The quantitative estimate of drug-likeness (QED) is 0.662. The molecule has 3 aromatic rings. The molecule has 0 fully saturated rings. The summed E-state index contributed by atoms with van der Waals surface area (Å²) in [6, 6.07) is 12.8. The van der Waals surface area contributed by atoms with Gasteiger partial charge in [0.25, 0.3) is 0 Å². The number of methoxy groups -OCH3 is 1. The highest BCUT2D eigenvalue weighted by atomic mass is 19.4. The molecule has 0 amide bonds. The summed E-state index contributed by atoms with van der Waals surface area (Å²) in [6.45, 7) is 0.764. The normalized spacial score (nSPS) is 14.1. The van der Waals surface area contributed by atoms with Crippen LogP contribution >= 0.6 is 0 Å². The first-order valence-corrected chi connectivity index (χ1v) is 9.15. The zero-order valence-corrected chi connectivity index (χ0v) is 15.4. The fraction of sp³-hybridized carbons (Fsp3) is 0.286. The SMILES string of the molecule is COc1ccc(-c2nn(-c3cccc(C(F)(F)F)c3)c3c2CCCCN3)cc1. The van der Waals surface area contributed by atoms with Crippen LogP contribution in [0.2, 0.25) is 0 Å². The van der Waals surface area contributed by atoms with E-state index in [1.165, 1.54) is 6.07 Å². The Morgan fingerprint density at radius 1 is 1.07 bits per heavy atom. The number of fused-ring (bicyclic) bond motifs is 1. The Bertz CT molecular complexity index is 978. The Kier molecular flexibility index (Phi) is 4.75. The molecule has 0 saturated carbocycles. The Morgan fingerprint density at radius 3 is 2.57 bits per heavy atom. The molecule has 1 aromatic heterocycles. The summed E-state index contributed by atoms with van der Waals surface area (Å²) in [6.07, 6.45) is -1.58. The van der Waals surface area contributed by atoms with Gasteiger partial charge in [0.15, 0.2) is 0 Å². The first-order chi connectivity index (χ1) is 13.5. The van der Waals surface area contributed by atoms with Gasteiger partial charge in [0.1, 0.15) is 11.6 Å². The average molecular weight is 387 g/mol. The van der Waals surface area contributed by atoms with Crippen LogP contribution in [0.5, 0.6) is 5.75 Å². The van der Waals surface area contributed by atoms with E-state index in [9.17, 15) is 13.2 Å². The van der Waals surface area contributed by atoms with Crippen LogP contribution in [0.1, 0.15) is 24.0 Å². The zero-order chi connectivity index (χ0) is 19.7. The van der Waals surface area contributed by atoms with Crippen LogP contribution in [-0.2, 0) is 12.6 Å². The minimum Gasteiger partial charge on any atom is -0.497 e. The number of benzene rings is 2. The van der Waals surface area contributed by atoms with Crippen LogP contribution in [0, 0.1) is 0 Å². The number of alkyl halides is 3. The molecule has 146 valence electrons. The molecule has 0 unspecified atom stereocenters. The standard InChI is InChI=1S/C21H20F3N3O/c1-28-17-10-8-14(9-11-17)19-18-7-2-3-12-25-20(18)27(26-19)16-6-4-5-15(13-16)21(22,23)24/h4-6,8-11,13,25H,2-3,7,12H2,1H3. The van der Waals surface area contributed by atoms with Crippen molar-refractivity contribution in [3.63, 3.8) is 0 Å². The van der Waals surface area contributed by atoms with E-state index in [0.29, 0.717) is 5.69 Å². The predicted molar refractivity (Wildman–Crippen MR) is 102 cm³/mol. The molecular weight excluding hydrogens is 367 g/mol. The summed E-state index contributed by atoms with van der Waals surface area (Å²) in [7, 11) is 1.60. The summed E-state index contributed by atoms with van der Waals surface area (Å²) >= 11 is 0. The van der Waals surface area contributed by atoms with E-state index in [1.54, 1.807) is 17.9 Å². The molecule has 7 heteroatoms. The van der Waals surface area contributed by atoms with Gasteiger partial charge in [-0.15, -0.1) is 0 Å². The maximum atomic E-state index is 13.2. The maximum absolute atomic E-state index is 13.2. The molecule has 0 atom stereocenters. The van der Waals surface area contributed by atoms with Crippen molar-refractivity contribution >= 4 is 5.82 Å². The number of nitrogens with one attached hydrogen (secondary N) is 1.